The van der Waals surface area contributed by atoms with Gasteiger partial charge >= 0.3 is 0 Å². The maximum atomic E-state index is 5.25. The Bertz CT molecular complexity index is 1260. The van der Waals surface area contributed by atoms with E-state index in [2.05, 4.69) is 32.5 Å². The van der Waals surface area contributed by atoms with E-state index in [9.17, 15) is 0 Å². The molecule has 0 unspecified atom stereocenters. The van der Waals surface area contributed by atoms with Crippen LogP contribution in [-0.2, 0) is 6.54 Å². The van der Waals surface area contributed by atoms with Gasteiger partial charge in [0, 0.05) is 30.2 Å². The lowest BCUT2D eigenvalue weighted by molar-refractivity contribution is 0.415. The minimum absolute atomic E-state index is 0.554. The summed E-state index contributed by atoms with van der Waals surface area (Å²) in [6.45, 7) is 0.790. The molecule has 7 nitrogen and oxygen atoms in total. The zero-order valence-corrected chi connectivity index (χ0v) is 16.4. The van der Waals surface area contributed by atoms with Gasteiger partial charge in [-0.15, -0.1) is 5.10 Å². The number of methoxy groups -OCH3 is 1. The lowest BCUT2D eigenvalue weighted by Gasteiger charge is -2.06. The molecule has 7 heteroatoms. The highest BCUT2D eigenvalue weighted by Gasteiger charge is 2.09. The monoisotopic (exact) mass is 396 g/mol. The molecule has 148 valence electrons. The predicted octanol–water partition coefficient (Wildman–Crippen LogP) is 4.39. The molecule has 3 heterocycles. The van der Waals surface area contributed by atoms with Crippen LogP contribution < -0.4 is 10.1 Å². The molecule has 0 fully saturated rings. The highest BCUT2D eigenvalue weighted by atomic mass is 16.5. The van der Waals surface area contributed by atoms with E-state index in [1.165, 1.54) is 5.56 Å². The SMILES string of the molecule is COc1ccc(-c2cccc3nc(Nc4ccc(Cn5ccnc5)cc4)nn23)cc1. The number of hydrogen-bond donors (Lipinski definition) is 1. The molecule has 0 saturated heterocycles. The normalized spacial score (nSPS) is 11.0. The first-order chi connectivity index (χ1) is 14.8. The summed E-state index contributed by atoms with van der Waals surface area (Å²) >= 11 is 0. The predicted molar refractivity (Wildman–Crippen MR) is 116 cm³/mol. The van der Waals surface area contributed by atoms with Crippen LogP contribution in [0.25, 0.3) is 16.9 Å². The van der Waals surface area contributed by atoms with E-state index >= 15 is 0 Å². The van der Waals surface area contributed by atoms with E-state index in [0.29, 0.717) is 5.95 Å². The topological polar surface area (TPSA) is 69.3 Å². The molecule has 0 aliphatic heterocycles. The van der Waals surface area contributed by atoms with Crippen LogP contribution in [0.15, 0.2) is 85.5 Å². The number of fused-ring (bicyclic) bond motifs is 1. The average Bonchev–Trinajstić information content (AvgIpc) is 3.44. The number of hydrogen-bond acceptors (Lipinski definition) is 5. The van der Waals surface area contributed by atoms with Gasteiger partial charge in [-0.2, -0.15) is 4.98 Å². The van der Waals surface area contributed by atoms with E-state index in [-0.39, 0.29) is 0 Å². The van der Waals surface area contributed by atoms with Gasteiger partial charge < -0.3 is 14.6 Å². The fourth-order valence-electron chi connectivity index (χ4n) is 3.35. The minimum Gasteiger partial charge on any atom is -0.497 e. The van der Waals surface area contributed by atoms with Crippen molar-refractivity contribution in [3.05, 3.63) is 91.0 Å². The summed E-state index contributed by atoms with van der Waals surface area (Å²) in [6, 6.07) is 22.1. The first-order valence-electron chi connectivity index (χ1n) is 9.60. The van der Waals surface area contributed by atoms with Gasteiger partial charge in [0.15, 0.2) is 5.65 Å². The fraction of sp³-hybridized carbons (Fsp3) is 0.0870. The number of nitrogens with zero attached hydrogens (tertiary/aromatic N) is 5. The highest BCUT2D eigenvalue weighted by Crippen LogP contribution is 2.24. The third-order valence-corrected chi connectivity index (χ3v) is 4.88. The Morgan fingerprint density at radius 2 is 1.80 bits per heavy atom. The number of anilines is 2. The zero-order chi connectivity index (χ0) is 20.3. The van der Waals surface area contributed by atoms with Crippen LogP contribution in [-0.4, -0.2) is 31.3 Å². The third kappa shape index (κ3) is 3.60. The Labute approximate surface area is 173 Å². The van der Waals surface area contributed by atoms with Crippen molar-refractivity contribution < 1.29 is 4.74 Å². The summed E-state index contributed by atoms with van der Waals surface area (Å²) in [5.74, 6) is 1.38. The Hall–Kier alpha value is -4.13. The van der Waals surface area contributed by atoms with Crippen LogP contribution in [0.5, 0.6) is 5.75 Å². The van der Waals surface area contributed by atoms with Gasteiger partial charge in [-0.3, -0.25) is 0 Å². The number of ether oxygens (including phenoxy) is 1. The molecular weight excluding hydrogens is 376 g/mol. The van der Waals surface area contributed by atoms with Crippen molar-refractivity contribution in [1.82, 2.24) is 24.1 Å². The van der Waals surface area contributed by atoms with Gasteiger partial charge in [0.25, 0.3) is 0 Å². The lowest BCUT2D eigenvalue weighted by Crippen LogP contribution is -1.98. The molecular formula is C23H20N6O. The number of imidazole rings is 1. The number of pyridine rings is 1. The third-order valence-electron chi connectivity index (χ3n) is 4.88. The second kappa shape index (κ2) is 7.71. The largest absolute Gasteiger partial charge is 0.497 e. The van der Waals surface area contributed by atoms with E-state index in [0.717, 1.165) is 34.9 Å². The van der Waals surface area contributed by atoms with Crippen LogP contribution in [0.4, 0.5) is 11.6 Å². The maximum Gasteiger partial charge on any atom is 0.247 e. The van der Waals surface area contributed by atoms with E-state index < -0.39 is 0 Å². The summed E-state index contributed by atoms with van der Waals surface area (Å²) in [6.07, 6.45) is 5.55. The quantitative estimate of drug-likeness (QED) is 0.461. The van der Waals surface area contributed by atoms with Crippen LogP contribution in [0, 0.1) is 0 Å². The molecule has 5 aromatic rings. The second-order valence-corrected chi connectivity index (χ2v) is 6.90. The number of rotatable bonds is 6. The molecule has 0 aliphatic carbocycles. The number of benzene rings is 2. The molecule has 0 spiro atoms. The second-order valence-electron chi connectivity index (χ2n) is 6.90. The molecule has 3 aromatic heterocycles. The first-order valence-corrected chi connectivity index (χ1v) is 9.60. The zero-order valence-electron chi connectivity index (χ0n) is 16.4. The summed E-state index contributed by atoms with van der Waals surface area (Å²) < 4.78 is 9.13. The Morgan fingerprint density at radius 1 is 0.967 bits per heavy atom. The van der Waals surface area contributed by atoms with Crippen LogP contribution >= 0.6 is 0 Å². The van der Waals surface area contributed by atoms with Gasteiger partial charge in [-0.1, -0.05) is 18.2 Å². The molecule has 0 radical (unpaired) electrons. The van der Waals surface area contributed by atoms with Crippen molar-refractivity contribution in [2.45, 2.75) is 6.54 Å². The van der Waals surface area contributed by atoms with Crippen molar-refractivity contribution in [2.24, 2.45) is 0 Å². The molecule has 0 amide bonds. The molecule has 5 rings (SSSR count). The summed E-state index contributed by atoms with van der Waals surface area (Å²) in [7, 11) is 1.66. The standard InChI is InChI=1S/C23H20N6O/c1-30-20-11-7-18(8-12-20)21-3-2-4-22-26-23(27-29(21)22)25-19-9-5-17(6-10-19)15-28-14-13-24-16-28/h2-14,16H,15H2,1H3,(H,25,27). The van der Waals surface area contributed by atoms with E-state index in [1.807, 2.05) is 76.2 Å². The first kappa shape index (κ1) is 17.9. The summed E-state index contributed by atoms with van der Waals surface area (Å²) in [5.41, 5.74) is 4.92. The summed E-state index contributed by atoms with van der Waals surface area (Å²) in [5, 5.41) is 7.96. The van der Waals surface area contributed by atoms with E-state index in [1.54, 1.807) is 13.3 Å². The number of aromatic nitrogens is 5. The number of nitrogens with one attached hydrogen (secondary N) is 1. The van der Waals surface area contributed by atoms with Crippen LogP contribution in [0.3, 0.4) is 0 Å². The summed E-state index contributed by atoms with van der Waals surface area (Å²) in [4.78, 5) is 8.69. The molecule has 0 aliphatic rings. The van der Waals surface area contributed by atoms with E-state index in [4.69, 9.17) is 4.74 Å². The molecule has 2 aromatic carbocycles. The van der Waals surface area contributed by atoms with Gasteiger partial charge in [0.05, 0.1) is 19.1 Å². The van der Waals surface area contributed by atoms with Crippen LogP contribution in [0.1, 0.15) is 5.56 Å². The molecule has 1 N–H and O–H groups in total. The van der Waals surface area contributed by atoms with Crippen molar-refractivity contribution in [1.29, 1.82) is 0 Å². The van der Waals surface area contributed by atoms with Crippen molar-refractivity contribution in [3.63, 3.8) is 0 Å². The smallest absolute Gasteiger partial charge is 0.247 e. The van der Waals surface area contributed by atoms with Crippen LogP contribution in [0.2, 0.25) is 0 Å². The average molecular weight is 396 g/mol. The Balaban J connectivity index is 1.38. The van der Waals surface area contributed by atoms with Gasteiger partial charge in [0.2, 0.25) is 5.95 Å². The maximum absolute atomic E-state index is 5.25. The molecule has 0 atom stereocenters. The van der Waals surface area contributed by atoms with Gasteiger partial charge in [-0.25, -0.2) is 9.50 Å². The molecule has 0 saturated carbocycles. The highest BCUT2D eigenvalue weighted by molar-refractivity contribution is 5.65. The van der Waals surface area contributed by atoms with Crippen molar-refractivity contribution in [2.75, 3.05) is 12.4 Å². The molecule has 0 bridgehead atoms. The Morgan fingerprint density at radius 3 is 2.53 bits per heavy atom. The van der Waals surface area contributed by atoms with Crippen molar-refractivity contribution >= 4 is 17.3 Å². The van der Waals surface area contributed by atoms with Gasteiger partial charge in [-0.05, 0) is 54.1 Å². The fourth-order valence-corrected chi connectivity index (χ4v) is 3.35. The molecule has 30 heavy (non-hydrogen) atoms. The van der Waals surface area contributed by atoms with Crippen molar-refractivity contribution in [3.8, 4) is 17.0 Å². The lowest BCUT2D eigenvalue weighted by atomic mass is 10.1. The minimum atomic E-state index is 0.554. The van der Waals surface area contributed by atoms with Gasteiger partial charge in [0.1, 0.15) is 5.75 Å². The Kier molecular flexibility index (Phi) is 4.61.